The number of benzene rings is 2. The number of hydrogen-bond acceptors (Lipinski definition) is 5. The average molecular weight is 446 g/mol. The van der Waals surface area contributed by atoms with E-state index in [1.807, 2.05) is 24.3 Å². The van der Waals surface area contributed by atoms with Crippen LogP contribution in [0.15, 0.2) is 66.9 Å². The highest BCUT2D eigenvalue weighted by Gasteiger charge is 2.41. The first-order valence-corrected chi connectivity index (χ1v) is 11.5. The van der Waals surface area contributed by atoms with Gasteiger partial charge in [-0.2, -0.15) is 0 Å². The van der Waals surface area contributed by atoms with Crippen LogP contribution in [0.5, 0.6) is 5.75 Å². The maximum Gasteiger partial charge on any atom is 0.278 e. The first-order chi connectivity index (χ1) is 16.0. The minimum Gasteiger partial charge on any atom is -0.494 e. The molecule has 2 amide bonds. The number of aryl methyl sites for hydroxylation is 1. The second kappa shape index (κ2) is 9.94. The molecule has 2 heterocycles. The fraction of sp³-hybridized carbons (Fsp3) is 0.333. The summed E-state index contributed by atoms with van der Waals surface area (Å²) in [6.07, 6.45) is 2.52. The van der Waals surface area contributed by atoms with E-state index >= 15 is 0 Å². The van der Waals surface area contributed by atoms with E-state index in [1.165, 1.54) is 16.2 Å². The van der Waals surface area contributed by atoms with Crippen LogP contribution < -0.4 is 9.64 Å². The van der Waals surface area contributed by atoms with Crippen molar-refractivity contribution in [1.82, 2.24) is 9.80 Å². The fourth-order valence-electron chi connectivity index (χ4n) is 4.36. The Morgan fingerprint density at radius 2 is 1.67 bits per heavy atom. The summed E-state index contributed by atoms with van der Waals surface area (Å²) in [5.41, 5.74) is 4.11. The number of nitrogens with zero attached hydrogens (tertiary/aromatic N) is 3. The van der Waals surface area contributed by atoms with Crippen molar-refractivity contribution < 1.29 is 14.3 Å². The largest absolute Gasteiger partial charge is 0.494 e. The molecule has 2 aromatic carbocycles. The van der Waals surface area contributed by atoms with E-state index < -0.39 is 0 Å². The molecule has 6 nitrogen and oxygen atoms in total. The third-order valence-corrected chi connectivity index (χ3v) is 6.03. The maximum absolute atomic E-state index is 13.3. The summed E-state index contributed by atoms with van der Waals surface area (Å²) in [5, 5.41) is 0. The first-order valence-electron chi connectivity index (χ1n) is 11.5. The molecule has 2 aromatic rings. The van der Waals surface area contributed by atoms with Crippen LogP contribution in [0.4, 0.5) is 5.69 Å². The molecule has 2 aliphatic rings. The van der Waals surface area contributed by atoms with Crippen LogP contribution in [0.1, 0.15) is 24.5 Å². The lowest BCUT2D eigenvalue weighted by Crippen LogP contribution is -2.47. The maximum atomic E-state index is 13.3. The predicted octanol–water partition coefficient (Wildman–Crippen LogP) is 3.87. The highest BCUT2D eigenvalue weighted by Crippen LogP contribution is 2.33. The van der Waals surface area contributed by atoms with Gasteiger partial charge in [-0.1, -0.05) is 37.3 Å². The highest BCUT2D eigenvalue weighted by atomic mass is 16.5. The quantitative estimate of drug-likeness (QED) is 0.456. The third-order valence-electron chi connectivity index (χ3n) is 6.03. The molecule has 0 saturated carbocycles. The second-order valence-corrected chi connectivity index (χ2v) is 8.42. The summed E-state index contributed by atoms with van der Waals surface area (Å²) in [6, 6.07) is 15.9. The summed E-state index contributed by atoms with van der Waals surface area (Å²) in [6.45, 7) is 11.6. The van der Waals surface area contributed by atoms with E-state index in [0.29, 0.717) is 31.0 Å². The molecular formula is C27H31N3O3. The zero-order valence-corrected chi connectivity index (χ0v) is 19.4. The van der Waals surface area contributed by atoms with Crippen LogP contribution in [-0.4, -0.2) is 60.9 Å². The SMILES string of the molecule is C=CCN1C(=O)C(c2ccc(OCCC)cc2)=C(N2CCN(c3cccc(C)c3)CC2)C1=O. The van der Waals surface area contributed by atoms with Crippen molar-refractivity contribution in [3.05, 3.63) is 78.0 Å². The molecule has 0 N–H and O–H groups in total. The molecule has 0 aliphatic carbocycles. The molecule has 0 spiro atoms. The van der Waals surface area contributed by atoms with Gasteiger partial charge in [0, 0.05) is 38.4 Å². The molecule has 0 unspecified atom stereocenters. The standard InChI is InChI=1S/C27H31N3O3/c1-4-13-30-26(31)24(21-9-11-23(12-10-21)33-18-5-2)25(27(30)32)29-16-14-28(15-17-29)22-8-6-7-20(3)19-22/h4,6-12,19H,1,5,13-18H2,2-3H3. The Bertz CT molecular complexity index is 1070. The third kappa shape index (κ3) is 4.65. The minimum atomic E-state index is -0.266. The van der Waals surface area contributed by atoms with Gasteiger partial charge in [0.25, 0.3) is 11.8 Å². The second-order valence-electron chi connectivity index (χ2n) is 8.42. The van der Waals surface area contributed by atoms with Crippen LogP contribution in [-0.2, 0) is 9.59 Å². The van der Waals surface area contributed by atoms with E-state index in [4.69, 9.17) is 4.74 Å². The van der Waals surface area contributed by atoms with Gasteiger partial charge in [0.05, 0.1) is 12.2 Å². The highest BCUT2D eigenvalue weighted by molar-refractivity contribution is 6.35. The van der Waals surface area contributed by atoms with Gasteiger partial charge in [-0.15, -0.1) is 6.58 Å². The number of ether oxygens (including phenoxy) is 1. The molecule has 172 valence electrons. The number of rotatable bonds is 8. The van der Waals surface area contributed by atoms with Gasteiger partial charge in [0.15, 0.2) is 0 Å². The van der Waals surface area contributed by atoms with Crippen LogP contribution in [0.3, 0.4) is 0 Å². The van der Waals surface area contributed by atoms with Crippen molar-refractivity contribution in [3.63, 3.8) is 0 Å². The number of anilines is 1. The van der Waals surface area contributed by atoms with Crippen LogP contribution in [0.25, 0.3) is 5.57 Å². The summed E-state index contributed by atoms with van der Waals surface area (Å²) in [4.78, 5) is 32.3. The predicted molar refractivity (Wildman–Crippen MR) is 131 cm³/mol. The number of carbonyl (C=O) groups is 2. The topological polar surface area (TPSA) is 53.1 Å². The Kier molecular flexibility index (Phi) is 6.82. The number of hydrogen-bond donors (Lipinski definition) is 0. The number of imide groups is 1. The molecule has 1 saturated heterocycles. The summed E-state index contributed by atoms with van der Waals surface area (Å²) >= 11 is 0. The van der Waals surface area contributed by atoms with Gasteiger partial charge in [0.1, 0.15) is 11.4 Å². The average Bonchev–Trinajstić information content (AvgIpc) is 3.08. The van der Waals surface area contributed by atoms with Gasteiger partial charge in [-0.05, 0) is 48.7 Å². The van der Waals surface area contributed by atoms with E-state index in [1.54, 1.807) is 6.08 Å². The van der Waals surface area contributed by atoms with Gasteiger partial charge in [0.2, 0.25) is 0 Å². The van der Waals surface area contributed by atoms with Crippen LogP contribution in [0, 0.1) is 6.92 Å². The Balaban J connectivity index is 1.61. The Hall–Kier alpha value is -3.54. The lowest BCUT2D eigenvalue weighted by molar-refractivity contribution is -0.136. The fourth-order valence-corrected chi connectivity index (χ4v) is 4.36. The number of piperazine rings is 1. The lowest BCUT2D eigenvalue weighted by Gasteiger charge is -2.37. The number of amides is 2. The lowest BCUT2D eigenvalue weighted by atomic mass is 10.0. The molecule has 1 fully saturated rings. The smallest absolute Gasteiger partial charge is 0.278 e. The monoisotopic (exact) mass is 445 g/mol. The Labute approximate surface area is 195 Å². The van der Waals surface area contributed by atoms with Crippen molar-refractivity contribution in [2.24, 2.45) is 0 Å². The molecule has 0 radical (unpaired) electrons. The van der Waals surface area contributed by atoms with Gasteiger partial charge in [-0.25, -0.2) is 0 Å². The normalized spacial score (nSPS) is 16.6. The minimum absolute atomic E-state index is 0.200. The molecule has 0 atom stereocenters. The Morgan fingerprint density at radius 3 is 2.30 bits per heavy atom. The molecule has 0 aromatic heterocycles. The summed E-state index contributed by atoms with van der Waals surface area (Å²) in [7, 11) is 0. The van der Waals surface area contributed by atoms with Gasteiger partial charge >= 0.3 is 0 Å². The first kappa shape index (κ1) is 22.6. The molecule has 0 bridgehead atoms. The number of carbonyl (C=O) groups excluding carboxylic acids is 2. The summed E-state index contributed by atoms with van der Waals surface area (Å²) in [5.74, 6) is 0.248. The molecule has 2 aliphatic heterocycles. The van der Waals surface area contributed by atoms with Crippen molar-refractivity contribution >= 4 is 23.1 Å². The molecule has 33 heavy (non-hydrogen) atoms. The van der Waals surface area contributed by atoms with Gasteiger partial charge in [-0.3, -0.25) is 14.5 Å². The van der Waals surface area contributed by atoms with Crippen molar-refractivity contribution in [2.45, 2.75) is 20.3 Å². The van der Waals surface area contributed by atoms with Crippen LogP contribution in [0.2, 0.25) is 0 Å². The van der Waals surface area contributed by atoms with Crippen molar-refractivity contribution in [2.75, 3.05) is 44.2 Å². The summed E-state index contributed by atoms with van der Waals surface area (Å²) < 4.78 is 5.68. The van der Waals surface area contributed by atoms with E-state index in [9.17, 15) is 9.59 Å². The van der Waals surface area contributed by atoms with Crippen LogP contribution >= 0.6 is 0 Å². The zero-order chi connectivity index (χ0) is 23.4. The molecule has 4 rings (SSSR count). The van der Waals surface area contributed by atoms with Gasteiger partial charge < -0.3 is 14.5 Å². The molecular weight excluding hydrogens is 414 g/mol. The molecule has 6 heteroatoms. The van der Waals surface area contributed by atoms with Crippen molar-refractivity contribution in [1.29, 1.82) is 0 Å². The Morgan fingerprint density at radius 1 is 0.970 bits per heavy atom. The van der Waals surface area contributed by atoms with E-state index in [2.05, 4.69) is 54.5 Å². The van der Waals surface area contributed by atoms with E-state index in [0.717, 1.165) is 30.8 Å². The van der Waals surface area contributed by atoms with Crippen molar-refractivity contribution in [3.8, 4) is 5.75 Å². The van der Waals surface area contributed by atoms with E-state index in [-0.39, 0.29) is 18.4 Å². The zero-order valence-electron chi connectivity index (χ0n) is 19.4.